The van der Waals surface area contributed by atoms with E-state index in [0.29, 0.717) is 18.0 Å². The number of rotatable bonds is 5. The fourth-order valence-corrected chi connectivity index (χ4v) is 5.38. The lowest BCUT2D eigenvalue weighted by atomic mass is 10.1. The van der Waals surface area contributed by atoms with Crippen molar-refractivity contribution in [2.45, 2.75) is 31.9 Å². The first kappa shape index (κ1) is 19.8. The number of anilines is 1. The largest absolute Gasteiger partial charge is 0.392 e. The van der Waals surface area contributed by atoms with Gasteiger partial charge in [-0.1, -0.05) is 41.7 Å². The van der Waals surface area contributed by atoms with Crippen LogP contribution in [0.15, 0.2) is 36.5 Å². The summed E-state index contributed by atoms with van der Waals surface area (Å²) in [7, 11) is -3.02. The summed E-state index contributed by atoms with van der Waals surface area (Å²) in [6.07, 6.45) is 1.78. The standard InChI is InChI=1S/C18H23N3O4S2/c1-13(22)12-21(15-7-9-27(24,25)10-8-15)18(23)20-17-19-11-16(26-17)14-5-3-2-4-6-14/h2-6,11,13,15,22H,7-10,12H2,1H3,(H,19,20,23)/t13-/m1/s1. The number of benzene rings is 1. The van der Waals surface area contributed by atoms with Crippen LogP contribution in [0.2, 0.25) is 0 Å². The molecule has 0 radical (unpaired) electrons. The number of hydrogen-bond donors (Lipinski definition) is 2. The first-order valence-electron chi connectivity index (χ1n) is 8.81. The Bertz CT molecular complexity index is 867. The molecule has 1 aromatic heterocycles. The summed E-state index contributed by atoms with van der Waals surface area (Å²) in [5.74, 6) is 0.132. The number of carbonyl (C=O) groups excluding carboxylic acids is 1. The predicted molar refractivity (Wildman–Crippen MR) is 107 cm³/mol. The fourth-order valence-electron chi connectivity index (χ4n) is 3.10. The summed E-state index contributed by atoms with van der Waals surface area (Å²) >= 11 is 1.37. The van der Waals surface area contributed by atoms with Gasteiger partial charge < -0.3 is 10.0 Å². The molecule has 1 aliphatic rings. The van der Waals surface area contributed by atoms with Gasteiger partial charge in [-0.2, -0.15) is 0 Å². The van der Waals surface area contributed by atoms with Crippen LogP contribution in [-0.4, -0.2) is 59.6 Å². The van der Waals surface area contributed by atoms with Crippen molar-refractivity contribution in [2.75, 3.05) is 23.4 Å². The summed E-state index contributed by atoms with van der Waals surface area (Å²) in [6, 6.07) is 9.18. The van der Waals surface area contributed by atoms with E-state index >= 15 is 0 Å². The molecule has 0 saturated carbocycles. The molecule has 2 amide bonds. The molecule has 7 nitrogen and oxygen atoms in total. The number of nitrogens with zero attached hydrogens (tertiary/aromatic N) is 2. The van der Waals surface area contributed by atoms with Crippen molar-refractivity contribution in [2.24, 2.45) is 0 Å². The van der Waals surface area contributed by atoms with E-state index in [1.54, 1.807) is 13.1 Å². The van der Waals surface area contributed by atoms with Crippen LogP contribution in [0, 0.1) is 0 Å². The Morgan fingerprint density at radius 1 is 1.33 bits per heavy atom. The number of aromatic nitrogens is 1. The van der Waals surface area contributed by atoms with Gasteiger partial charge in [0.05, 0.1) is 22.5 Å². The predicted octanol–water partition coefficient (Wildman–Crippen LogP) is 2.60. The zero-order valence-electron chi connectivity index (χ0n) is 15.0. The quantitative estimate of drug-likeness (QED) is 0.791. The van der Waals surface area contributed by atoms with E-state index in [1.165, 1.54) is 16.2 Å². The Kier molecular flexibility index (Phi) is 6.13. The van der Waals surface area contributed by atoms with Gasteiger partial charge in [0.15, 0.2) is 5.13 Å². The summed E-state index contributed by atoms with van der Waals surface area (Å²) in [6.45, 7) is 1.75. The van der Waals surface area contributed by atoms with Crippen LogP contribution < -0.4 is 5.32 Å². The molecule has 3 rings (SSSR count). The molecule has 0 bridgehead atoms. The number of carbonyl (C=O) groups is 1. The lowest BCUT2D eigenvalue weighted by Gasteiger charge is -2.34. The molecule has 0 unspecified atom stereocenters. The fraction of sp³-hybridized carbons (Fsp3) is 0.444. The second-order valence-electron chi connectivity index (χ2n) is 6.71. The van der Waals surface area contributed by atoms with Crippen LogP contribution in [0.1, 0.15) is 19.8 Å². The highest BCUT2D eigenvalue weighted by molar-refractivity contribution is 7.91. The minimum Gasteiger partial charge on any atom is -0.392 e. The highest BCUT2D eigenvalue weighted by Gasteiger charge is 2.31. The molecule has 1 saturated heterocycles. The zero-order valence-corrected chi connectivity index (χ0v) is 16.7. The highest BCUT2D eigenvalue weighted by atomic mass is 32.2. The summed E-state index contributed by atoms with van der Waals surface area (Å²) in [5.41, 5.74) is 1.02. The molecule has 2 N–H and O–H groups in total. The minimum atomic E-state index is -3.02. The Labute approximate surface area is 163 Å². The van der Waals surface area contributed by atoms with Gasteiger partial charge in [0, 0.05) is 18.8 Å². The van der Waals surface area contributed by atoms with Crippen LogP contribution in [0.3, 0.4) is 0 Å². The van der Waals surface area contributed by atoms with Crippen molar-refractivity contribution in [3.63, 3.8) is 0 Å². The van der Waals surface area contributed by atoms with Crippen molar-refractivity contribution < 1.29 is 18.3 Å². The first-order valence-corrected chi connectivity index (χ1v) is 11.5. The third-order valence-corrected chi connectivity index (χ3v) is 7.14. The third-order valence-electron chi connectivity index (χ3n) is 4.46. The van der Waals surface area contributed by atoms with E-state index in [0.717, 1.165) is 10.4 Å². The van der Waals surface area contributed by atoms with E-state index in [-0.39, 0.29) is 30.1 Å². The van der Waals surface area contributed by atoms with E-state index in [4.69, 9.17) is 0 Å². The lowest BCUT2D eigenvalue weighted by Crippen LogP contribution is -2.49. The average Bonchev–Trinajstić information content (AvgIpc) is 3.09. The number of aliphatic hydroxyl groups excluding tert-OH is 1. The van der Waals surface area contributed by atoms with Crippen LogP contribution in [0.4, 0.5) is 9.93 Å². The third kappa shape index (κ3) is 5.27. The second-order valence-corrected chi connectivity index (χ2v) is 10.0. The normalized spacial score (nSPS) is 18.0. The van der Waals surface area contributed by atoms with Gasteiger partial charge in [0.2, 0.25) is 0 Å². The van der Waals surface area contributed by atoms with Crippen LogP contribution in [0.25, 0.3) is 10.4 Å². The number of nitrogens with one attached hydrogen (secondary N) is 1. The molecule has 0 spiro atoms. The topological polar surface area (TPSA) is 99.6 Å². The highest BCUT2D eigenvalue weighted by Crippen LogP contribution is 2.29. The maximum absolute atomic E-state index is 12.8. The SMILES string of the molecule is C[C@@H](O)CN(C(=O)Nc1ncc(-c2ccccc2)s1)C1CCS(=O)(=O)CC1. The van der Waals surface area contributed by atoms with Gasteiger partial charge in [-0.3, -0.25) is 5.32 Å². The lowest BCUT2D eigenvalue weighted by molar-refractivity contribution is 0.114. The second kappa shape index (κ2) is 8.37. The van der Waals surface area contributed by atoms with Crippen LogP contribution >= 0.6 is 11.3 Å². The van der Waals surface area contributed by atoms with Crippen molar-refractivity contribution in [3.8, 4) is 10.4 Å². The Morgan fingerprint density at radius 2 is 2.00 bits per heavy atom. The first-order chi connectivity index (χ1) is 12.8. The maximum Gasteiger partial charge on any atom is 0.323 e. The summed E-state index contributed by atoms with van der Waals surface area (Å²) in [4.78, 5) is 19.5. The molecule has 1 aliphatic heterocycles. The van der Waals surface area contributed by atoms with Crippen LogP contribution in [0.5, 0.6) is 0 Å². The molecule has 9 heteroatoms. The number of aliphatic hydroxyl groups is 1. The van der Waals surface area contributed by atoms with Gasteiger partial charge in [0.25, 0.3) is 0 Å². The maximum atomic E-state index is 12.8. The number of thiazole rings is 1. The van der Waals surface area contributed by atoms with Crippen molar-refractivity contribution >= 4 is 32.3 Å². The number of hydrogen-bond acceptors (Lipinski definition) is 6. The molecular formula is C18H23N3O4S2. The van der Waals surface area contributed by atoms with Gasteiger partial charge in [-0.05, 0) is 25.3 Å². The Balaban J connectivity index is 1.70. The van der Waals surface area contributed by atoms with Gasteiger partial charge in [-0.15, -0.1) is 0 Å². The number of sulfone groups is 1. The van der Waals surface area contributed by atoms with Crippen LogP contribution in [-0.2, 0) is 9.84 Å². The van der Waals surface area contributed by atoms with Gasteiger partial charge >= 0.3 is 6.03 Å². The zero-order chi connectivity index (χ0) is 19.4. The molecule has 0 aliphatic carbocycles. The molecule has 146 valence electrons. The average molecular weight is 410 g/mol. The molecule has 1 fully saturated rings. The molecule has 2 heterocycles. The van der Waals surface area contributed by atoms with Gasteiger partial charge in [-0.25, -0.2) is 18.2 Å². The Morgan fingerprint density at radius 3 is 2.63 bits per heavy atom. The molecular weight excluding hydrogens is 386 g/mol. The van der Waals surface area contributed by atoms with Crippen molar-refractivity contribution in [1.29, 1.82) is 0 Å². The smallest absolute Gasteiger partial charge is 0.323 e. The molecule has 27 heavy (non-hydrogen) atoms. The number of amides is 2. The van der Waals surface area contributed by atoms with Crippen molar-refractivity contribution in [3.05, 3.63) is 36.5 Å². The van der Waals surface area contributed by atoms with E-state index < -0.39 is 15.9 Å². The van der Waals surface area contributed by atoms with E-state index in [1.807, 2.05) is 30.3 Å². The number of urea groups is 1. The van der Waals surface area contributed by atoms with Crippen molar-refractivity contribution in [1.82, 2.24) is 9.88 Å². The summed E-state index contributed by atoms with van der Waals surface area (Å²) in [5, 5.41) is 13.0. The minimum absolute atomic E-state index is 0.0661. The monoisotopic (exact) mass is 409 g/mol. The molecule has 1 atom stereocenters. The van der Waals surface area contributed by atoms with Gasteiger partial charge in [0.1, 0.15) is 9.84 Å². The van der Waals surface area contributed by atoms with E-state index in [9.17, 15) is 18.3 Å². The summed E-state index contributed by atoms with van der Waals surface area (Å²) < 4.78 is 23.3. The molecule has 1 aromatic carbocycles. The Hall–Kier alpha value is -1.97. The van der Waals surface area contributed by atoms with E-state index in [2.05, 4.69) is 10.3 Å². The molecule has 2 aromatic rings.